The third-order valence-electron chi connectivity index (χ3n) is 6.18. The van der Waals surface area contributed by atoms with Crippen LogP contribution in [-0.2, 0) is 0 Å². The summed E-state index contributed by atoms with van der Waals surface area (Å²) in [5.41, 5.74) is 2.48. The molecule has 0 aromatic heterocycles. The third-order valence-corrected chi connectivity index (χ3v) is 8.70. The van der Waals surface area contributed by atoms with Gasteiger partial charge in [0.25, 0.3) is 0 Å². The van der Waals surface area contributed by atoms with Crippen LogP contribution < -0.4 is 14.2 Å². The Morgan fingerprint density at radius 1 is 0.568 bits per heavy atom. The van der Waals surface area contributed by atoms with Crippen LogP contribution in [0.2, 0.25) is 0 Å². The fraction of sp³-hybridized carbons (Fsp3) is 0.0323. The fourth-order valence-corrected chi connectivity index (χ4v) is 7.18. The van der Waals surface area contributed by atoms with Crippen LogP contribution in [0.4, 0.5) is 0 Å². The van der Waals surface area contributed by atoms with E-state index in [0.717, 1.165) is 4.90 Å². The van der Waals surface area contributed by atoms with E-state index in [9.17, 15) is 10.2 Å². The maximum Gasteiger partial charge on any atom is 0.204 e. The fourth-order valence-electron chi connectivity index (χ4n) is 4.53. The first-order valence-corrected chi connectivity index (χ1v) is 13.1. The van der Waals surface area contributed by atoms with Crippen molar-refractivity contribution < 1.29 is 24.4 Å². The first kappa shape index (κ1) is 22.9. The lowest BCUT2D eigenvalue weighted by Crippen LogP contribution is -1.96. The van der Waals surface area contributed by atoms with Gasteiger partial charge in [-0.1, -0.05) is 36.4 Å². The molecule has 1 heterocycles. The molecule has 0 fully saturated rings. The normalized spacial score (nSPS) is 12.5. The zero-order valence-corrected chi connectivity index (χ0v) is 20.9. The molecule has 0 aliphatic carbocycles. The lowest BCUT2D eigenvalue weighted by Gasteiger charge is -2.23. The highest BCUT2D eigenvalue weighted by Crippen LogP contribution is 2.64. The number of thiol groups is 1. The van der Waals surface area contributed by atoms with Crippen LogP contribution in [0, 0.1) is 0 Å². The quantitative estimate of drug-likeness (QED) is 0.198. The molecule has 5 nitrogen and oxygen atoms in total. The molecule has 2 N–H and O–H groups in total. The number of phenolic OH excluding ortho intramolecular Hbond substituents is 2. The van der Waals surface area contributed by atoms with Crippen molar-refractivity contribution in [2.45, 2.75) is 14.7 Å². The van der Waals surface area contributed by atoms with E-state index >= 15 is 0 Å². The lowest BCUT2D eigenvalue weighted by atomic mass is 10.1. The van der Waals surface area contributed by atoms with Gasteiger partial charge in [0.2, 0.25) is 5.75 Å². The number of hydrogen-bond donors (Lipinski definition) is 3. The minimum Gasteiger partial charge on any atom is -0.508 e. The van der Waals surface area contributed by atoms with Crippen LogP contribution in [0.1, 0.15) is 0 Å². The van der Waals surface area contributed by atoms with Gasteiger partial charge in [0.1, 0.15) is 23.0 Å². The summed E-state index contributed by atoms with van der Waals surface area (Å²) in [5.74, 6) is 2.89. The summed E-state index contributed by atoms with van der Waals surface area (Å²) in [6, 6.07) is 34.1. The van der Waals surface area contributed by atoms with Gasteiger partial charge in [-0.3, -0.25) is 0 Å². The van der Waals surface area contributed by atoms with E-state index in [1.807, 2.05) is 12.1 Å². The average molecular weight is 509 g/mol. The van der Waals surface area contributed by atoms with E-state index < -0.39 is 10.9 Å². The molecular formula is C31H24O5S. The first-order chi connectivity index (χ1) is 18.1. The minimum atomic E-state index is -0.877. The van der Waals surface area contributed by atoms with E-state index in [2.05, 4.69) is 48.5 Å². The topological polar surface area (TPSA) is 68.2 Å². The molecule has 0 saturated carbocycles. The van der Waals surface area contributed by atoms with Gasteiger partial charge in [0.15, 0.2) is 11.5 Å². The second-order valence-electron chi connectivity index (χ2n) is 8.54. The van der Waals surface area contributed by atoms with E-state index in [-0.39, 0.29) is 11.5 Å². The highest BCUT2D eigenvalue weighted by atomic mass is 32.2. The second-order valence-corrected chi connectivity index (χ2v) is 10.7. The molecule has 5 aromatic carbocycles. The van der Waals surface area contributed by atoms with E-state index in [4.69, 9.17) is 14.2 Å². The van der Waals surface area contributed by atoms with Gasteiger partial charge in [0.05, 0.1) is 7.11 Å². The molecule has 5 aromatic rings. The summed E-state index contributed by atoms with van der Waals surface area (Å²) < 4.78 is 18.4. The molecule has 0 atom stereocenters. The van der Waals surface area contributed by atoms with E-state index in [1.54, 1.807) is 55.6 Å². The van der Waals surface area contributed by atoms with Gasteiger partial charge in [-0.15, -0.1) is 0 Å². The zero-order chi connectivity index (χ0) is 25.4. The average Bonchev–Trinajstić information content (AvgIpc) is 3.26. The summed E-state index contributed by atoms with van der Waals surface area (Å²) in [5, 5.41) is 19.4. The minimum absolute atomic E-state index is 0.159. The van der Waals surface area contributed by atoms with Crippen molar-refractivity contribution in [2.24, 2.45) is 0 Å². The van der Waals surface area contributed by atoms with E-state index in [0.29, 0.717) is 28.7 Å². The van der Waals surface area contributed by atoms with Crippen molar-refractivity contribution in [1.29, 1.82) is 0 Å². The number of ether oxygens (including phenoxy) is 3. The summed E-state index contributed by atoms with van der Waals surface area (Å²) in [6.07, 6.45) is 0. The van der Waals surface area contributed by atoms with Gasteiger partial charge < -0.3 is 24.4 Å². The Balaban J connectivity index is 1.52. The molecule has 6 rings (SSSR count). The predicted octanol–water partition coefficient (Wildman–Crippen LogP) is 8.15. The van der Waals surface area contributed by atoms with Gasteiger partial charge in [-0.05, 0) is 83.9 Å². The van der Waals surface area contributed by atoms with Crippen molar-refractivity contribution in [3.63, 3.8) is 0 Å². The predicted molar refractivity (Wildman–Crippen MR) is 145 cm³/mol. The summed E-state index contributed by atoms with van der Waals surface area (Å²) >= 11 is 0. The largest absolute Gasteiger partial charge is 0.508 e. The second kappa shape index (κ2) is 9.48. The monoisotopic (exact) mass is 508 g/mol. The van der Waals surface area contributed by atoms with E-state index in [1.165, 1.54) is 20.9 Å². The van der Waals surface area contributed by atoms with Crippen LogP contribution >= 0.6 is 10.9 Å². The number of benzene rings is 5. The van der Waals surface area contributed by atoms with Crippen LogP contribution in [0.25, 0.3) is 11.1 Å². The number of aromatic hydroxyl groups is 2. The Hall–Kier alpha value is -4.55. The first-order valence-electron chi connectivity index (χ1n) is 11.7. The Kier molecular flexibility index (Phi) is 5.87. The highest BCUT2D eigenvalue weighted by molar-refractivity contribution is 8.17. The van der Waals surface area contributed by atoms with Crippen molar-refractivity contribution in [2.75, 3.05) is 7.11 Å². The molecule has 6 heteroatoms. The van der Waals surface area contributed by atoms with Gasteiger partial charge in [0, 0.05) is 14.7 Å². The molecule has 0 saturated heterocycles. The van der Waals surface area contributed by atoms with Crippen molar-refractivity contribution in [3.8, 4) is 51.4 Å². The summed E-state index contributed by atoms with van der Waals surface area (Å²) in [6.45, 7) is 0. The van der Waals surface area contributed by atoms with Crippen molar-refractivity contribution >= 4 is 10.9 Å². The molecule has 37 heavy (non-hydrogen) atoms. The number of hydrogen-bond acceptors (Lipinski definition) is 5. The number of phenols is 2. The Bertz CT molecular complexity index is 1460. The SMILES string of the molecule is COc1c(Oc2ccc(O)cc2)cc([SH]2c3ccccc3-c3ccccc32)cc1Oc1ccc(O)cc1. The summed E-state index contributed by atoms with van der Waals surface area (Å²) in [4.78, 5) is 3.60. The van der Waals surface area contributed by atoms with Crippen LogP contribution in [-0.4, -0.2) is 17.3 Å². The Labute approximate surface area is 217 Å². The number of fused-ring (bicyclic) bond motifs is 3. The molecule has 0 unspecified atom stereocenters. The maximum atomic E-state index is 9.71. The molecule has 0 spiro atoms. The molecule has 1 aliphatic rings. The van der Waals surface area contributed by atoms with Crippen LogP contribution in [0.3, 0.4) is 0 Å². The van der Waals surface area contributed by atoms with Crippen LogP contribution in [0.5, 0.6) is 40.2 Å². The Morgan fingerprint density at radius 3 is 1.43 bits per heavy atom. The van der Waals surface area contributed by atoms with Crippen molar-refractivity contribution in [1.82, 2.24) is 0 Å². The lowest BCUT2D eigenvalue weighted by molar-refractivity contribution is 0.351. The smallest absolute Gasteiger partial charge is 0.204 e. The zero-order valence-electron chi connectivity index (χ0n) is 20.0. The number of rotatable bonds is 6. The third kappa shape index (κ3) is 4.32. The number of methoxy groups -OCH3 is 1. The highest BCUT2D eigenvalue weighted by Gasteiger charge is 2.29. The molecule has 184 valence electrons. The summed E-state index contributed by atoms with van der Waals surface area (Å²) in [7, 11) is 0.700. The molecular weight excluding hydrogens is 484 g/mol. The van der Waals surface area contributed by atoms with Crippen LogP contribution in [0.15, 0.2) is 124 Å². The Morgan fingerprint density at radius 2 is 1.00 bits per heavy atom. The molecule has 0 radical (unpaired) electrons. The van der Waals surface area contributed by atoms with Gasteiger partial charge in [-0.2, -0.15) is 10.9 Å². The standard InChI is InChI=1S/C31H24O5S/c1-34-31-27(35-22-14-10-20(32)11-15-22)18-24(19-28(31)36-23-16-12-21(33)13-17-23)37-29-8-4-2-6-25(29)26-7-3-5-9-30(26)37/h2-19,32-33,37H,1H3. The van der Waals surface area contributed by atoms with Gasteiger partial charge >= 0.3 is 0 Å². The maximum absolute atomic E-state index is 9.71. The molecule has 0 amide bonds. The van der Waals surface area contributed by atoms with Crippen molar-refractivity contribution in [3.05, 3.63) is 109 Å². The van der Waals surface area contributed by atoms with Gasteiger partial charge in [-0.25, -0.2) is 0 Å². The molecule has 1 aliphatic heterocycles. The molecule has 0 bridgehead atoms.